The maximum atomic E-state index is 13.6. The molecule has 1 aromatic carbocycles. The van der Waals surface area contributed by atoms with Crippen molar-refractivity contribution in [3.63, 3.8) is 0 Å². The van der Waals surface area contributed by atoms with E-state index in [-0.39, 0.29) is 17.1 Å². The first kappa shape index (κ1) is 14.3. The fourth-order valence-electron chi connectivity index (χ4n) is 1.62. The van der Waals surface area contributed by atoms with E-state index < -0.39 is 29.6 Å². The van der Waals surface area contributed by atoms with E-state index in [2.05, 4.69) is 10.3 Å². The van der Waals surface area contributed by atoms with Gasteiger partial charge in [-0.05, 0) is 12.1 Å². The first-order valence-electron chi connectivity index (χ1n) is 5.29. The van der Waals surface area contributed by atoms with Crippen LogP contribution in [0.2, 0.25) is 5.02 Å². The minimum Gasteiger partial charge on any atom is -0.476 e. The van der Waals surface area contributed by atoms with Crippen LogP contribution in [0.25, 0.3) is 0 Å². The highest BCUT2D eigenvalue weighted by Gasteiger charge is 2.26. The van der Waals surface area contributed by atoms with Gasteiger partial charge in [0.15, 0.2) is 5.69 Å². The van der Waals surface area contributed by atoms with Crippen molar-refractivity contribution in [3.05, 3.63) is 46.0 Å². The van der Waals surface area contributed by atoms with Crippen molar-refractivity contribution in [2.24, 2.45) is 0 Å². The third-order valence-corrected chi connectivity index (χ3v) is 2.75. The van der Waals surface area contributed by atoms with Gasteiger partial charge in [-0.25, -0.2) is 22.6 Å². The Kier molecular flexibility index (Phi) is 3.93. The third kappa shape index (κ3) is 2.74. The largest absolute Gasteiger partial charge is 0.476 e. The van der Waals surface area contributed by atoms with Crippen LogP contribution in [0.4, 0.5) is 13.2 Å². The lowest BCUT2D eigenvalue weighted by Gasteiger charge is -2.07. The standard InChI is InChI=1S/C11H7ClF3N3O2/c12-6-2-1-5(7(13)3-6)4-18-9(10(14)15)8(11(19)20)16-17-18/h1-3,10H,4H2,(H,19,20). The van der Waals surface area contributed by atoms with Gasteiger partial charge in [0.1, 0.15) is 11.5 Å². The molecule has 0 radical (unpaired) electrons. The molecule has 1 aromatic heterocycles. The van der Waals surface area contributed by atoms with Gasteiger partial charge in [-0.2, -0.15) is 0 Å². The average Bonchev–Trinajstić information content (AvgIpc) is 2.76. The molecule has 0 spiro atoms. The summed E-state index contributed by atoms with van der Waals surface area (Å²) in [5.41, 5.74) is -1.68. The first-order valence-corrected chi connectivity index (χ1v) is 5.66. The minimum atomic E-state index is -3.09. The lowest BCUT2D eigenvalue weighted by molar-refractivity contribution is 0.0675. The van der Waals surface area contributed by atoms with Gasteiger partial charge in [0.05, 0.1) is 6.54 Å². The number of carbonyl (C=O) groups is 1. The van der Waals surface area contributed by atoms with Crippen LogP contribution in [0.3, 0.4) is 0 Å². The summed E-state index contributed by atoms with van der Waals surface area (Å²) in [5.74, 6) is -2.33. The van der Waals surface area contributed by atoms with E-state index in [1.54, 1.807) is 0 Å². The van der Waals surface area contributed by atoms with Crippen LogP contribution < -0.4 is 0 Å². The zero-order chi connectivity index (χ0) is 14.9. The molecule has 5 nitrogen and oxygen atoms in total. The van der Waals surface area contributed by atoms with Gasteiger partial charge in [-0.15, -0.1) is 5.10 Å². The smallest absolute Gasteiger partial charge is 0.358 e. The van der Waals surface area contributed by atoms with E-state index in [4.69, 9.17) is 16.7 Å². The minimum absolute atomic E-state index is 0.0399. The number of aromatic nitrogens is 3. The van der Waals surface area contributed by atoms with Crippen LogP contribution in [-0.2, 0) is 6.54 Å². The van der Waals surface area contributed by atoms with Crippen LogP contribution in [0, 0.1) is 5.82 Å². The molecule has 9 heteroatoms. The first-order chi connectivity index (χ1) is 9.40. The second-order valence-corrected chi connectivity index (χ2v) is 4.26. The highest BCUT2D eigenvalue weighted by Crippen LogP contribution is 2.23. The van der Waals surface area contributed by atoms with Gasteiger partial charge < -0.3 is 5.11 Å². The molecule has 1 N–H and O–H groups in total. The van der Waals surface area contributed by atoms with Gasteiger partial charge in [0.2, 0.25) is 0 Å². The highest BCUT2D eigenvalue weighted by molar-refractivity contribution is 6.30. The number of alkyl halides is 2. The lowest BCUT2D eigenvalue weighted by atomic mass is 10.2. The van der Waals surface area contributed by atoms with E-state index in [1.807, 2.05) is 0 Å². The summed E-state index contributed by atoms with van der Waals surface area (Å²) in [6.07, 6.45) is -3.09. The number of carboxylic acids is 1. The molecular formula is C11H7ClF3N3O2. The molecule has 106 valence electrons. The Morgan fingerprint density at radius 3 is 2.70 bits per heavy atom. The van der Waals surface area contributed by atoms with Gasteiger partial charge >= 0.3 is 5.97 Å². The number of aromatic carboxylic acids is 1. The highest BCUT2D eigenvalue weighted by atomic mass is 35.5. The number of halogens is 4. The molecule has 0 saturated heterocycles. The quantitative estimate of drug-likeness (QED) is 0.943. The molecule has 0 amide bonds. The van der Waals surface area contributed by atoms with Gasteiger partial charge in [0.25, 0.3) is 6.43 Å². The normalized spacial score (nSPS) is 11.1. The maximum Gasteiger partial charge on any atom is 0.358 e. The van der Waals surface area contributed by atoms with Crippen LogP contribution >= 0.6 is 11.6 Å². The Morgan fingerprint density at radius 2 is 2.15 bits per heavy atom. The summed E-state index contributed by atoms with van der Waals surface area (Å²) in [6.45, 7) is -0.372. The van der Waals surface area contributed by atoms with Crippen molar-refractivity contribution in [2.75, 3.05) is 0 Å². The van der Waals surface area contributed by atoms with Gasteiger partial charge in [0, 0.05) is 10.6 Å². The fraction of sp³-hybridized carbons (Fsp3) is 0.182. The molecule has 0 atom stereocenters. The van der Waals surface area contributed by atoms with Crippen molar-refractivity contribution in [1.82, 2.24) is 15.0 Å². The lowest BCUT2D eigenvalue weighted by Crippen LogP contribution is -2.10. The molecule has 1 heterocycles. The van der Waals surface area contributed by atoms with E-state index >= 15 is 0 Å². The van der Waals surface area contributed by atoms with Crippen molar-refractivity contribution in [3.8, 4) is 0 Å². The van der Waals surface area contributed by atoms with E-state index in [9.17, 15) is 18.0 Å². The van der Waals surface area contributed by atoms with Crippen molar-refractivity contribution in [2.45, 2.75) is 13.0 Å². The molecule has 0 aliphatic rings. The van der Waals surface area contributed by atoms with Gasteiger partial charge in [-0.1, -0.05) is 22.9 Å². The summed E-state index contributed by atoms with van der Waals surface area (Å²) in [5, 5.41) is 15.4. The molecule has 0 aliphatic heterocycles. The molecular weight excluding hydrogens is 299 g/mol. The van der Waals surface area contributed by atoms with E-state index in [0.717, 1.165) is 6.07 Å². The zero-order valence-corrected chi connectivity index (χ0v) is 10.5. The molecule has 20 heavy (non-hydrogen) atoms. The fourth-order valence-corrected chi connectivity index (χ4v) is 1.78. The molecule has 0 saturated carbocycles. The summed E-state index contributed by atoms with van der Waals surface area (Å²) < 4.78 is 40.0. The Bertz CT molecular complexity index is 660. The van der Waals surface area contributed by atoms with Crippen LogP contribution in [-0.4, -0.2) is 26.1 Å². The Hall–Kier alpha value is -2.09. The number of carboxylic acid groups (broad SMARTS) is 1. The Morgan fingerprint density at radius 1 is 1.45 bits per heavy atom. The number of hydrogen-bond donors (Lipinski definition) is 1. The third-order valence-electron chi connectivity index (χ3n) is 2.52. The molecule has 0 bridgehead atoms. The molecule has 2 rings (SSSR count). The number of benzene rings is 1. The molecule has 2 aromatic rings. The van der Waals surface area contributed by atoms with Crippen LogP contribution in [0.1, 0.15) is 28.2 Å². The topological polar surface area (TPSA) is 68.0 Å². The maximum absolute atomic E-state index is 13.6. The summed E-state index contributed by atoms with van der Waals surface area (Å²) in [4.78, 5) is 10.8. The summed E-state index contributed by atoms with van der Waals surface area (Å²) in [7, 11) is 0. The SMILES string of the molecule is O=C(O)c1nnn(Cc2ccc(Cl)cc2F)c1C(F)F. The monoisotopic (exact) mass is 305 g/mol. The second kappa shape index (κ2) is 5.49. The molecule has 0 unspecified atom stereocenters. The molecule has 0 aliphatic carbocycles. The zero-order valence-electron chi connectivity index (χ0n) is 9.73. The number of hydrogen-bond acceptors (Lipinski definition) is 3. The predicted octanol–water partition coefficient (Wildman–Crippen LogP) is 2.75. The predicted molar refractivity (Wildman–Crippen MR) is 62.5 cm³/mol. The summed E-state index contributed by atoms with van der Waals surface area (Å²) in [6, 6.07) is 3.71. The summed E-state index contributed by atoms with van der Waals surface area (Å²) >= 11 is 5.57. The van der Waals surface area contributed by atoms with E-state index in [0.29, 0.717) is 4.68 Å². The second-order valence-electron chi connectivity index (χ2n) is 3.82. The van der Waals surface area contributed by atoms with Gasteiger partial charge in [-0.3, -0.25) is 0 Å². The van der Waals surface area contributed by atoms with Crippen LogP contribution in [0.5, 0.6) is 0 Å². The number of nitrogens with zero attached hydrogens (tertiary/aromatic N) is 3. The van der Waals surface area contributed by atoms with Crippen molar-refractivity contribution in [1.29, 1.82) is 0 Å². The average molecular weight is 306 g/mol. The number of rotatable bonds is 4. The van der Waals surface area contributed by atoms with Crippen molar-refractivity contribution < 1.29 is 23.1 Å². The van der Waals surface area contributed by atoms with E-state index in [1.165, 1.54) is 12.1 Å². The Balaban J connectivity index is 2.41. The van der Waals surface area contributed by atoms with Crippen molar-refractivity contribution >= 4 is 17.6 Å². The Labute approximate surface area is 115 Å². The molecule has 0 fully saturated rings. The van der Waals surface area contributed by atoms with Crippen LogP contribution in [0.15, 0.2) is 18.2 Å².